The number of aromatic amines is 2. The van der Waals surface area contributed by atoms with Crippen LogP contribution in [0.5, 0.6) is 0 Å². The summed E-state index contributed by atoms with van der Waals surface area (Å²) in [7, 11) is 0. The zero-order valence-corrected chi connectivity index (χ0v) is 22.5. The number of hydrogen-bond acceptors (Lipinski definition) is 4. The second-order valence-corrected chi connectivity index (χ2v) is 10.8. The molecule has 0 amide bonds. The van der Waals surface area contributed by atoms with Crippen LogP contribution in [0.25, 0.3) is 22.1 Å². The molecule has 6 nitrogen and oxygen atoms in total. The minimum atomic E-state index is 0.362. The maximum Gasteiger partial charge on any atom is 0.201 e. The summed E-state index contributed by atoms with van der Waals surface area (Å²) in [6.07, 6.45) is 7.16. The van der Waals surface area contributed by atoms with Gasteiger partial charge >= 0.3 is 0 Å². The smallest absolute Gasteiger partial charge is 0.201 e. The lowest BCUT2D eigenvalue weighted by Crippen LogP contribution is -2.17. The van der Waals surface area contributed by atoms with Crippen LogP contribution in [0.2, 0.25) is 0 Å². The van der Waals surface area contributed by atoms with Crippen molar-refractivity contribution >= 4 is 34.0 Å². The van der Waals surface area contributed by atoms with Crippen molar-refractivity contribution in [1.82, 2.24) is 19.9 Å². The SMILES string of the molecule is c1ccc2c(c1)CCC[C@H]2Nc1nc2ccccc2[nH]1.c1ccc2c(c1)CCC[C@H]2Nc1nc2ccccc2[nH]1. The van der Waals surface area contributed by atoms with Gasteiger partial charge in [-0.25, -0.2) is 9.97 Å². The molecule has 2 aliphatic carbocycles. The van der Waals surface area contributed by atoms with Crippen molar-refractivity contribution in [3.63, 3.8) is 0 Å². The molecule has 0 spiro atoms. The maximum atomic E-state index is 4.61. The molecule has 8 rings (SSSR count). The van der Waals surface area contributed by atoms with Gasteiger partial charge in [-0.05, 0) is 85.0 Å². The molecule has 0 saturated heterocycles. The first-order valence-corrected chi connectivity index (χ1v) is 14.4. The molecule has 0 unspecified atom stereocenters. The zero-order chi connectivity index (χ0) is 26.7. The second kappa shape index (κ2) is 10.9. The van der Waals surface area contributed by atoms with Crippen molar-refractivity contribution in [2.45, 2.75) is 50.6 Å². The minimum Gasteiger partial charge on any atom is -0.349 e. The van der Waals surface area contributed by atoms with Gasteiger partial charge in [0.05, 0.1) is 34.2 Å². The Morgan fingerprint density at radius 1 is 0.525 bits per heavy atom. The van der Waals surface area contributed by atoms with Crippen LogP contribution in [0.1, 0.15) is 60.0 Å². The molecule has 0 bridgehead atoms. The molecule has 4 aromatic carbocycles. The number of nitrogens with one attached hydrogen (secondary N) is 4. The summed E-state index contributed by atoms with van der Waals surface area (Å²) in [5, 5.41) is 7.12. The van der Waals surface area contributed by atoms with Gasteiger partial charge < -0.3 is 20.6 Å². The number of H-pyrrole nitrogens is 2. The Kier molecular flexibility index (Phi) is 6.66. The highest BCUT2D eigenvalue weighted by atomic mass is 15.1. The summed E-state index contributed by atoms with van der Waals surface area (Å²) in [5.74, 6) is 1.74. The number of fused-ring (bicyclic) bond motifs is 4. The quantitative estimate of drug-likeness (QED) is 0.187. The van der Waals surface area contributed by atoms with Crippen molar-refractivity contribution in [3.8, 4) is 0 Å². The minimum absolute atomic E-state index is 0.362. The van der Waals surface area contributed by atoms with Gasteiger partial charge in [-0.2, -0.15) is 0 Å². The van der Waals surface area contributed by atoms with Crippen molar-refractivity contribution in [1.29, 1.82) is 0 Å². The Bertz CT molecular complexity index is 1550. The number of hydrogen-bond donors (Lipinski definition) is 4. The maximum absolute atomic E-state index is 4.61. The zero-order valence-electron chi connectivity index (χ0n) is 22.5. The Hall–Kier alpha value is -4.58. The van der Waals surface area contributed by atoms with Gasteiger partial charge in [-0.3, -0.25) is 0 Å². The molecule has 6 aromatic rings. The normalized spacial score (nSPS) is 17.9. The van der Waals surface area contributed by atoms with E-state index >= 15 is 0 Å². The number of anilines is 2. The van der Waals surface area contributed by atoms with Crippen LogP contribution < -0.4 is 10.6 Å². The topological polar surface area (TPSA) is 81.4 Å². The molecule has 0 aliphatic heterocycles. The van der Waals surface area contributed by atoms with Gasteiger partial charge in [0.15, 0.2) is 0 Å². The average Bonchev–Trinajstić information content (AvgIpc) is 3.61. The Labute approximate surface area is 234 Å². The van der Waals surface area contributed by atoms with E-state index < -0.39 is 0 Å². The van der Waals surface area contributed by atoms with Gasteiger partial charge in [-0.1, -0.05) is 72.8 Å². The molecule has 2 aliphatic rings. The lowest BCUT2D eigenvalue weighted by atomic mass is 9.88. The summed E-state index contributed by atoms with van der Waals surface area (Å²) < 4.78 is 0. The van der Waals surface area contributed by atoms with E-state index in [1.54, 1.807) is 0 Å². The van der Waals surface area contributed by atoms with Crippen LogP contribution in [-0.4, -0.2) is 19.9 Å². The average molecular weight is 527 g/mol. The number of rotatable bonds is 4. The van der Waals surface area contributed by atoms with Crippen LogP contribution in [0, 0.1) is 0 Å². The first kappa shape index (κ1) is 24.5. The summed E-state index contributed by atoms with van der Waals surface area (Å²) >= 11 is 0. The first-order valence-electron chi connectivity index (χ1n) is 14.4. The largest absolute Gasteiger partial charge is 0.349 e. The predicted octanol–water partition coefficient (Wildman–Crippen LogP) is 8.10. The Morgan fingerprint density at radius 2 is 0.950 bits per heavy atom. The standard InChI is InChI=1S/2C17H17N3/c2*1-2-8-13-12(6-1)7-5-11-14(13)18-17-19-15-9-3-4-10-16(15)20-17/h2*1-4,6,8-10,14H,5,7,11H2,(H2,18,19,20)/t2*14-/m11/s1. The van der Waals surface area contributed by atoms with Crippen molar-refractivity contribution in [3.05, 3.63) is 119 Å². The molecular weight excluding hydrogens is 492 g/mol. The van der Waals surface area contributed by atoms with E-state index in [0.29, 0.717) is 12.1 Å². The number of imidazole rings is 2. The Morgan fingerprint density at radius 3 is 1.43 bits per heavy atom. The molecular formula is C34H34N6. The number of para-hydroxylation sites is 4. The van der Waals surface area contributed by atoms with E-state index in [9.17, 15) is 0 Å². The monoisotopic (exact) mass is 526 g/mol. The van der Waals surface area contributed by atoms with Gasteiger partial charge in [0.1, 0.15) is 0 Å². The van der Waals surface area contributed by atoms with E-state index in [1.165, 1.54) is 47.9 Å². The predicted molar refractivity (Wildman–Crippen MR) is 164 cm³/mol. The van der Waals surface area contributed by atoms with E-state index in [-0.39, 0.29) is 0 Å². The third-order valence-electron chi connectivity index (χ3n) is 8.14. The summed E-state index contributed by atoms with van der Waals surface area (Å²) in [5.41, 5.74) is 9.95. The fraction of sp³-hybridized carbons (Fsp3) is 0.235. The molecule has 0 radical (unpaired) electrons. The molecule has 4 N–H and O–H groups in total. The molecule has 0 fully saturated rings. The van der Waals surface area contributed by atoms with E-state index in [2.05, 4.69) is 91.2 Å². The van der Waals surface area contributed by atoms with E-state index in [0.717, 1.165) is 46.8 Å². The van der Waals surface area contributed by atoms with Crippen LogP contribution in [-0.2, 0) is 12.8 Å². The fourth-order valence-electron chi connectivity index (χ4n) is 6.18. The summed E-state index contributed by atoms with van der Waals surface area (Å²) in [6.45, 7) is 0. The molecule has 40 heavy (non-hydrogen) atoms. The fourth-order valence-corrected chi connectivity index (χ4v) is 6.18. The third kappa shape index (κ3) is 5.05. The first-order chi connectivity index (χ1) is 19.8. The van der Waals surface area contributed by atoms with Crippen LogP contribution >= 0.6 is 0 Å². The molecule has 200 valence electrons. The highest BCUT2D eigenvalue weighted by Gasteiger charge is 2.21. The summed E-state index contributed by atoms with van der Waals surface area (Å²) in [4.78, 5) is 15.9. The van der Waals surface area contributed by atoms with E-state index in [1.807, 2.05) is 36.4 Å². The number of aryl methyl sites for hydroxylation is 2. The van der Waals surface area contributed by atoms with Crippen molar-refractivity contribution in [2.24, 2.45) is 0 Å². The van der Waals surface area contributed by atoms with E-state index in [4.69, 9.17) is 0 Å². The number of aromatic nitrogens is 4. The van der Waals surface area contributed by atoms with Gasteiger partial charge in [0.2, 0.25) is 11.9 Å². The lowest BCUT2D eigenvalue weighted by molar-refractivity contribution is 0.597. The van der Waals surface area contributed by atoms with Gasteiger partial charge in [0.25, 0.3) is 0 Å². The van der Waals surface area contributed by atoms with Gasteiger partial charge in [0, 0.05) is 0 Å². The molecule has 0 saturated carbocycles. The molecule has 2 heterocycles. The number of benzene rings is 4. The molecule has 2 atom stereocenters. The highest BCUT2D eigenvalue weighted by molar-refractivity contribution is 5.78. The highest BCUT2D eigenvalue weighted by Crippen LogP contribution is 2.33. The molecule has 2 aromatic heterocycles. The van der Waals surface area contributed by atoms with Crippen molar-refractivity contribution < 1.29 is 0 Å². The summed E-state index contributed by atoms with van der Waals surface area (Å²) in [6, 6.07) is 34.4. The van der Waals surface area contributed by atoms with Crippen LogP contribution in [0.15, 0.2) is 97.1 Å². The van der Waals surface area contributed by atoms with Crippen LogP contribution in [0.3, 0.4) is 0 Å². The second-order valence-electron chi connectivity index (χ2n) is 10.8. The third-order valence-corrected chi connectivity index (χ3v) is 8.14. The molecule has 6 heteroatoms. The lowest BCUT2D eigenvalue weighted by Gasteiger charge is -2.26. The van der Waals surface area contributed by atoms with Gasteiger partial charge in [-0.15, -0.1) is 0 Å². The Balaban J connectivity index is 0.000000132. The van der Waals surface area contributed by atoms with Crippen LogP contribution in [0.4, 0.5) is 11.9 Å². The number of nitrogens with zero attached hydrogens (tertiary/aromatic N) is 2. The van der Waals surface area contributed by atoms with Crippen molar-refractivity contribution in [2.75, 3.05) is 10.6 Å².